The number of hydrogen-bond acceptors (Lipinski definition) is 11. The van der Waals surface area contributed by atoms with Gasteiger partial charge in [-0.15, -0.1) is 10.2 Å². The molecule has 1 amide bonds. The van der Waals surface area contributed by atoms with Crippen molar-refractivity contribution in [2.45, 2.75) is 12.6 Å². The van der Waals surface area contributed by atoms with E-state index in [9.17, 15) is 4.79 Å². The Morgan fingerprint density at radius 1 is 1.30 bits per heavy atom. The molecule has 3 aromatic rings. The Kier molecular flexibility index (Phi) is 6.98. The molecule has 1 aliphatic rings. The van der Waals surface area contributed by atoms with Crippen molar-refractivity contribution in [2.75, 3.05) is 36.9 Å². The van der Waals surface area contributed by atoms with Crippen LogP contribution in [0.2, 0.25) is 0 Å². The normalized spacial score (nSPS) is 15.5. The molecule has 4 heterocycles. The highest BCUT2D eigenvalue weighted by Crippen LogP contribution is 2.19. The molecule has 33 heavy (non-hydrogen) atoms. The second-order valence-electron chi connectivity index (χ2n) is 7.23. The van der Waals surface area contributed by atoms with Gasteiger partial charge in [0.15, 0.2) is 17.2 Å². The first-order valence-corrected chi connectivity index (χ1v) is 10.3. The Bertz CT molecular complexity index is 1130. The molecule has 4 N–H and O–H groups in total. The number of amides is 1. The van der Waals surface area contributed by atoms with Crippen molar-refractivity contribution in [3.8, 4) is 6.07 Å². The van der Waals surface area contributed by atoms with Gasteiger partial charge in [0, 0.05) is 45.1 Å². The number of nitriles is 1. The fourth-order valence-corrected chi connectivity index (χ4v) is 3.12. The molecule has 13 heteroatoms. The van der Waals surface area contributed by atoms with E-state index in [-0.39, 0.29) is 29.9 Å². The van der Waals surface area contributed by atoms with Gasteiger partial charge in [0.05, 0.1) is 37.3 Å². The molecule has 0 spiro atoms. The molecule has 0 radical (unpaired) electrons. The molecule has 1 unspecified atom stereocenters. The van der Waals surface area contributed by atoms with Crippen LogP contribution in [-0.4, -0.2) is 68.0 Å². The fourth-order valence-electron chi connectivity index (χ4n) is 3.12. The number of nitrogens with one attached hydrogen (secondary N) is 4. The zero-order valence-electron chi connectivity index (χ0n) is 17.9. The van der Waals surface area contributed by atoms with E-state index in [2.05, 4.69) is 46.4 Å². The molecule has 0 bridgehead atoms. The minimum atomic E-state index is -0.389. The average molecular weight is 449 g/mol. The molecular formula is C20H23N11O2. The summed E-state index contributed by atoms with van der Waals surface area (Å²) in [4.78, 5) is 25.1. The Morgan fingerprint density at radius 3 is 2.91 bits per heavy atom. The number of hydrogen-bond donors (Lipinski definition) is 4. The number of imidazole rings is 1. The van der Waals surface area contributed by atoms with Crippen LogP contribution < -0.4 is 21.3 Å². The topological polar surface area (TPSA) is 168 Å². The van der Waals surface area contributed by atoms with Gasteiger partial charge in [-0.2, -0.15) is 5.26 Å². The van der Waals surface area contributed by atoms with E-state index in [1.807, 2.05) is 17.7 Å². The molecular weight excluding hydrogens is 426 g/mol. The molecule has 1 saturated heterocycles. The van der Waals surface area contributed by atoms with Crippen molar-refractivity contribution in [1.82, 2.24) is 40.3 Å². The number of aryl methyl sites for hydroxylation is 1. The highest BCUT2D eigenvalue weighted by Gasteiger charge is 2.19. The summed E-state index contributed by atoms with van der Waals surface area (Å²) >= 11 is 0. The van der Waals surface area contributed by atoms with Crippen molar-refractivity contribution in [3.05, 3.63) is 48.1 Å². The monoisotopic (exact) mass is 449 g/mol. The number of morpholine rings is 1. The standard InChI is InChI=1S/C20H23N11O2/c1-31-4-2-23-18(31)12-27-20(32)19-15(25-10-14-9-22-3-5-33-14)6-16(29-30-19)28-17-11-24-13(7-21)8-26-17/h2,4,6,8,11,14,22H,3,5,9-10,12H2,1H3,(H,27,32)(H2,25,26,28,29). The average Bonchev–Trinajstić information content (AvgIpc) is 3.27. The summed E-state index contributed by atoms with van der Waals surface area (Å²) in [5.74, 6) is 1.08. The molecule has 1 fully saturated rings. The van der Waals surface area contributed by atoms with Crippen LogP contribution in [0.3, 0.4) is 0 Å². The largest absolute Gasteiger partial charge is 0.380 e. The van der Waals surface area contributed by atoms with Gasteiger partial charge in [-0.3, -0.25) is 4.79 Å². The van der Waals surface area contributed by atoms with Crippen molar-refractivity contribution in [2.24, 2.45) is 7.05 Å². The van der Waals surface area contributed by atoms with E-state index in [1.54, 1.807) is 18.5 Å². The summed E-state index contributed by atoms with van der Waals surface area (Å²) in [6.07, 6.45) is 6.19. The van der Waals surface area contributed by atoms with Gasteiger partial charge >= 0.3 is 0 Å². The van der Waals surface area contributed by atoms with Crippen LogP contribution in [0.15, 0.2) is 30.9 Å². The molecule has 1 aliphatic heterocycles. The summed E-state index contributed by atoms with van der Waals surface area (Å²) in [5, 5.41) is 29.4. The summed E-state index contributed by atoms with van der Waals surface area (Å²) in [7, 11) is 1.85. The zero-order valence-corrected chi connectivity index (χ0v) is 17.9. The predicted octanol–water partition coefficient (Wildman–Crippen LogP) is -0.0543. The summed E-state index contributed by atoms with van der Waals surface area (Å²) in [6.45, 7) is 2.88. The number of anilines is 3. The van der Waals surface area contributed by atoms with Crippen LogP contribution in [0.1, 0.15) is 22.0 Å². The van der Waals surface area contributed by atoms with Gasteiger partial charge in [-0.05, 0) is 0 Å². The first-order valence-electron chi connectivity index (χ1n) is 10.3. The third-order valence-electron chi connectivity index (χ3n) is 4.88. The lowest BCUT2D eigenvalue weighted by molar-refractivity contribution is 0.0372. The number of carbonyl (C=O) groups is 1. The van der Waals surface area contributed by atoms with Gasteiger partial charge < -0.3 is 30.6 Å². The molecule has 3 aromatic heterocycles. The number of aromatic nitrogens is 6. The maximum absolute atomic E-state index is 12.9. The number of carbonyl (C=O) groups excluding carboxylic acids is 1. The van der Waals surface area contributed by atoms with E-state index < -0.39 is 0 Å². The highest BCUT2D eigenvalue weighted by molar-refractivity contribution is 5.97. The van der Waals surface area contributed by atoms with Gasteiger partial charge in [-0.1, -0.05) is 0 Å². The Hall–Kier alpha value is -4.15. The molecule has 0 aromatic carbocycles. The van der Waals surface area contributed by atoms with Crippen molar-refractivity contribution >= 4 is 23.2 Å². The minimum Gasteiger partial charge on any atom is -0.380 e. The SMILES string of the molecule is Cn1ccnc1CNC(=O)c1nnc(Nc2cnc(C#N)cn2)cc1NCC1CNCCO1. The Balaban J connectivity index is 1.50. The van der Waals surface area contributed by atoms with Gasteiger partial charge in [0.2, 0.25) is 0 Å². The lowest BCUT2D eigenvalue weighted by atomic mass is 10.2. The first-order chi connectivity index (χ1) is 16.1. The second-order valence-corrected chi connectivity index (χ2v) is 7.23. The van der Waals surface area contributed by atoms with E-state index in [1.165, 1.54) is 12.4 Å². The Labute approximate surface area is 189 Å². The molecule has 0 aliphatic carbocycles. The quantitative estimate of drug-likeness (QED) is 0.364. The van der Waals surface area contributed by atoms with Crippen molar-refractivity contribution < 1.29 is 9.53 Å². The molecule has 170 valence electrons. The molecule has 4 rings (SSSR count). The third-order valence-corrected chi connectivity index (χ3v) is 4.88. The highest BCUT2D eigenvalue weighted by atomic mass is 16.5. The first kappa shape index (κ1) is 22.1. The van der Waals surface area contributed by atoms with E-state index >= 15 is 0 Å². The van der Waals surface area contributed by atoms with Crippen LogP contribution in [0.25, 0.3) is 0 Å². The second kappa shape index (κ2) is 10.4. The third kappa shape index (κ3) is 5.76. The number of rotatable bonds is 8. The van der Waals surface area contributed by atoms with Crippen molar-refractivity contribution in [1.29, 1.82) is 5.26 Å². The van der Waals surface area contributed by atoms with E-state index in [4.69, 9.17) is 10.00 Å². The zero-order chi connectivity index (χ0) is 23.0. The minimum absolute atomic E-state index is 0.0452. The predicted molar refractivity (Wildman–Crippen MR) is 118 cm³/mol. The van der Waals surface area contributed by atoms with Crippen LogP contribution in [0, 0.1) is 11.3 Å². The number of nitrogens with zero attached hydrogens (tertiary/aromatic N) is 7. The summed E-state index contributed by atoms with van der Waals surface area (Å²) in [6, 6.07) is 3.58. The molecule has 1 atom stereocenters. The number of ether oxygens (including phenoxy) is 1. The maximum Gasteiger partial charge on any atom is 0.274 e. The Morgan fingerprint density at radius 2 is 2.21 bits per heavy atom. The lowest BCUT2D eigenvalue weighted by Crippen LogP contribution is -2.42. The van der Waals surface area contributed by atoms with Crippen LogP contribution in [0.4, 0.5) is 17.3 Å². The van der Waals surface area contributed by atoms with Gasteiger partial charge in [0.25, 0.3) is 5.91 Å². The summed E-state index contributed by atoms with van der Waals surface area (Å²) < 4.78 is 7.55. The van der Waals surface area contributed by atoms with Crippen LogP contribution in [-0.2, 0) is 18.3 Å². The van der Waals surface area contributed by atoms with E-state index in [0.717, 1.165) is 6.54 Å². The van der Waals surface area contributed by atoms with Gasteiger partial charge in [0.1, 0.15) is 17.7 Å². The van der Waals surface area contributed by atoms with Gasteiger partial charge in [-0.25, -0.2) is 15.0 Å². The van der Waals surface area contributed by atoms with E-state index in [0.29, 0.717) is 42.8 Å². The maximum atomic E-state index is 12.9. The molecule has 0 saturated carbocycles. The smallest absolute Gasteiger partial charge is 0.274 e. The molecule has 13 nitrogen and oxygen atoms in total. The lowest BCUT2D eigenvalue weighted by Gasteiger charge is -2.24. The van der Waals surface area contributed by atoms with Crippen LogP contribution in [0.5, 0.6) is 0 Å². The van der Waals surface area contributed by atoms with Crippen LogP contribution >= 0.6 is 0 Å². The van der Waals surface area contributed by atoms with Crippen molar-refractivity contribution in [3.63, 3.8) is 0 Å². The summed E-state index contributed by atoms with van der Waals surface area (Å²) in [5.41, 5.74) is 0.833. The fraction of sp³-hybridized carbons (Fsp3) is 0.350.